The van der Waals surface area contributed by atoms with Gasteiger partial charge in [0.1, 0.15) is 5.75 Å². The Morgan fingerprint density at radius 2 is 1.65 bits per heavy atom. The number of benzene rings is 2. The molecule has 1 heterocycles. The number of nitrogens with zero attached hydrogens (tertiary/aromatic N) is 1. The van der Waals surface area contributed by atoms with Gasteiger partial charge in [-0.05, 0) is 43.3 Å². The molecule has 6 nitrogen and oxygen atoms in total. The number of ether oxygens (including phenoxy) is 1. The third-order valence-corrected chi connectivity index (χ3v) is 5.86. The molecule has 1 fully saturated rings. The molecular formula is C19H22N2O4S. The second-order valence-electron chi connectivity index (χ2n) is 6.27. The Hall–Kier alpha value is -2.38. The summed E-state index contributed by atoms with van der Waals surface area (Å²) in [5.41, 5.74) is 2.60. The second kappa shape index (κ2) is 7.88. The predicted octanol–water partition coefficient (Wildman–Crippen LogP) is 2.24. The van der Waals surface area contributed by atoms with Crippen LogP contribution in [0, 0.1) is 6.92 Å². The number of anilines is 2. The van der Waals surface area contributed by atoms with E-state index in [1.807, 2.05) is 19.1 Å². The van der Waals surface area contributed by atoms with Crippen molar-refractivity contribution in [3.63, 3.8) is 0 Å². The predicted molar refractivity (Wildman–Crippen MR) is 101 cm³/mol. The summed E-state index contributed by atoms with van der Waals surface area (Å²) in [5.74, 6) is -1.13. The maximum absolute atomic E-state index is 12.3. The van der Waals surface area contributed by atoms with E-state index in [1.165, 1.54) is 12.1 Å². The van der Waals surface area contributed by atoms with Crippen molar-refractivity contribution in [2.24, 2.45) is 0 Å². The Morgan fingerprint density at radius 3 is 2.27 bits per heavy atom. The average molecular weight is 374 g/mol. The van der Waals surface area contributed by atoms with E-state index in [2.05, 4.69) is 10.2 Å². The van der Waals surface area contributed by atoms with Gasteiger partial charge in [0.25, 0.3) is 0 Å². The van der Waals surface area contributed by atoms with Crippen LogP contribution in [0.5, 0.6) is 0 Å². The molecule has 7 heteroatoms. The number of carbonyl (C=O) groups is 1. The van der Waals surface area contributed by atoms with E-state index in [9.17, 15) is 13.2 Å². The molecule has 0 aliphatic carbocycles. The van der Waals surface area contributed by atoms with Crippen LogP contribution in [0.3, 0.4) is 0 Å². The first-order valence-corrected chi connectivity index (χ1v) is 10.1. The first kappa shape index (κ1) is 18.4. The molecule has 2 aromatic carbocycles. The highest BCUT2D eigenvalue weighted by Gasteiger charge is 2.19. The van der Waals surface area contributed by atoms with Gasteiger partial charge in [-0.15, -0.1) is 0 Å². The molecule has 1 amide bonds. The van der Waals surface area contributed by atoms with Gasteiger partial charge >= 0.3 is 0 Å². The Kier molecular flexibility index (Phi) is 5.58. The molecular weight excluding hydrogens is 352 g/mol. The topological polar surface area (TPSA) is 75.7 Å². The van der Waals surface area contributed by atoms with Gasteiger partial charge in [-0.2, -0.15) is 0 Å². The Balaban J connectivity index is 1.61. The minimum atomic E-state index is -3.66. The highest BCUT2D eigenvalue weighted by Crippen LogP contribution is 2.19. The zero-order valence-corrected chi connectivity index (χ0v) is 15.5. The molecule has 1 saturated heterocycles. The smallest absolute Gasteiger partial charge is 0.239 e. The maximum Gasteiger partial charge on any atom is 0.239 e. The molecule has 138 valence electrons. The summed E-state index contributed by atoms with van der Waals surface area (Å²) in [6, 6.07) is 13.9. The summed E-state index contributed by atoms with van der Waals surface area (Å²) in [4.78, 5) is 14.5. The lowest BCUT2D eigenvalue weighted by atomic mass is 10.2. The lowest BCUT2D eigenvalue weighted by Crippen LogP contribution is -2.36. The molecule has 1 aliphatic rings. The molecule has 0 unspecified atom stereocenters. The number of hydrogen-bond donors (Lipinski definition) is 1. The zero-order chi connectivity index (χ0) is 18.6. The molecule has 26 heavy (non-hydrogen) atoms. The Bertz CT molecular complexity index is 855. The van der Waals surface area contributed by atoms with E-state index in [4.69, 9.17) is 4.74 Å². The van der Waals surface area contributed by atoms with E-state index in [0.717, 1.165) is 24.3 Å². The Labute approximate surface area is 153 Å². The number of aryl methyl sites for hydroxylation is 1. The molecule has 1 aliphatic heterocycles. The minimum Gasteiger partial charge on any atom is -0.378 e. The van der Waals surface area contributed by atoms with Crippen molar-refractivity contribution in [1.82, 2.24) is 0 Å². The van der Waals surface area contributed by atoms with Crippen LogP contribution >= 0.6 is 0 Å². The van der Waals surface area contributed by atoms with Crippen LogP contribution in [0.2, 0.25) is 0 Å². The Morgan fingerprint density at radius 1 is 1.04 bits per heavy atom. The van der Waals surface area contributed by atoms with E-state index in [-0.39, 0.29) is 4.90 Å². The van der Waals surface area contributed by atoms with E-state index in [0.29, 0.717) is 18.9 Å². The van der Waals surface area contributed by atoms with Crippen molar-refractivity contribution in [3.8, 4) is 0 Å². The van der Waals surface area contributed by atoms with Gasteiger partial charge in [0.2, 0.25) is 5.91 Å². The molecule has 3 rings (SSSR count). The largest absolute Gasteiger partial charge is 0.378 e. The molecule has 0 radical (unpaired) electrons. The summed E-state index contributed by atoms with van der Waals surface area (Å²) in [7, 11) is -3.66. The van der Waals surface area contributed by atoms with Crippen molar-refractivity contribution < 1.29 is 17.9 Å². The fourth-order valence-electron chi connectivity index (χ4n) is 2.78. The third-order valence-electron chi connectivity index (χ3n) is 4.23. The van der Waals surface area contributed by atoms with Crippen LogP contribution < -0.4 is 10.2 Å². The van der Waals surface area contributed by atoms with Crippen LogP contribution in [0.15, 0.2) is 53.4 Å². The number of nitrogens with one attached hydrogen (secondary N) is 1. The molecule has 0 bridgehead atoms. The number of carbonyl (C=O) groups excluding carboxylic acids is 1. The standard InChI is InChI=1S/C19H22N2O4S/c1-15-2-8-18(9-3-15)26(23,24)14-19(22)20-16-4-6-17(7-5-16)21-10-12-25-13-11-21/h2-9H,10-14H2,1H3,(H,20,22). The van der Waals surface area contributed by atoms with Gasteiger partial charge in [0.05, 0.1) is 18.1 Å². The first-order chi connectivity index (χ1) is 12.4. The fourth-order valence-corrected chi connectivity index (χ4v) is 3.91. The number of morpholine rings is 1. The first-order valence-electron chi connectivity index (χ1n) is 8.46. The quantitative estimate of drug-likeness (QED) is 0.869. The van der Waals surface area contributed by atoms with Crippen LogP contribution in [0.1, 0.15) is 5.56 Å². The van der Waals surface area contributed by atoms with Crippen LogP contribution in [-0.4, -0.2) is 46.4 Å². The molecule has 2 aromatic rings. The number of rotatable bonds is 5. The van der Waals surface area contributed by atoms with Crippen molar-refractivity contribution in [2.75, 3.05) is 42.3 Å². The van der Waals surface area contributed by atoms with E-state index < -0.39 is 21.5 Å². The summed E-state index contributed by atoms with van der Waals surface area (Å²) in [5, 5.41) is 2.65. The highest BCUT2D eigenvalue weighted by atomic mass is 32.2. The molecule has 0 spiro atoms. The third kappa shape index (κ3) is 4.62. The number of hydrogen-bond acceptors (Lipinski definition) is 5. The SMILES string of the molecule is Cc1ccc(S(=O)(=O)CC(=O)Nc2ccc(N3CCOCC3)cc2)cc1. The summed E-state index contributed by atoms with van der Waals surface area (Å²) < 4.78 is 30.0. The van der Waals surface area contributed by atoms with E-state index in [1.54, 1.807) is 24.3 Å². The summed E-state index contributed by atoms with van der Waals surface area (Å²) >= 11 is 0. The maximum atomic E-state index is 12.3. The van der Waals surface area contributed by atoms with Crippen molar-refractivity contribution in [1.29, 1.82) is 0 Å². The van der Waals surface area contributed by atoms with Crippen LogP contribution in [0.25, 0.3) is 0 Å². The second-order valence-corrected chi connectivity index (χ2v) is 8.26. The minimum absolute atomic E-state index is 0.154. The fraction of sp³-hybridized carbons (Fsp3) is 0.316. The van der Waals surface area contributed by atoms with Gasteiger partial charge in [0.15, 0.2) is 9.84 Å². The normalized spacial score (nSPS) is 14.9. The molecule has 1 N–H and O–H groups in total. The summed E-state index contributed by atoms with van der Waals surface area (Å²) in [6.07, 6.45) is 0. The molecule has 0 aromatic heterocycles. The van der Waals surface area contributed by atoms with Crippen molar-refractivity contribution in [2.45, 2.75) is 11.8 Å². The van der Waals surface area contributed by atoms with Gasteiger partial charge in [0, 0.05) is 24.5 Å². The number of sulfone groups is 1. The molecule has 0 saturated carbocycles. The van der Waals surface area contributed by atoms with Gasteiger partial charge in [-0.3, -0.25) is 4.79 Å². The van der Waals surface area contributed by atoms with E-state index >= 15 is 0 Å². The van der Waals surface area contributed by atoms with Gasteiger partial charge < -0.3 is 15.0 Å². The zero-order valence-electron chi connectivity index (χ0n) is 14.6. The van der Waals surface area contributed by atoms with Gasteiger partial charge in [-0.25, -0.2) is 8.42 Å². The van der Waals surface area contributed by atoms with Gasteiger partial charge in [-0.1, -0.05) is 17.7 Å². The number of amides is 1. The molecule has 0 atom stereocenters. The lowest BCUT2D eigenvalue weighted by molar-refractivity contribution is -0.113. The average Bonchev–Trinajstić information content (AvgIpc) is 2.63. The van der Waals surface area contributed by atoms with Crippen LogP contribution in [-0.2, 0) is 19.4 Å². The van der Waals surface area contributed by atoms with Crippen molar-refractivity contribution >= 4 is 27.1 Å². The summed E-state index contributed by atoms with van der Waals surface area (Å²) in [6.45, 7) is 4.95. The highest BCUT2D eigenvalue weighted by molar-refractivity contribution is 7.92. The lowest BCUT2D eigenvalue weighted by Gasteiger charge is -2.28. The van der Waals surface area contributed by atoms with Crippen LogP contribution in [0.4, 0.5) is 11.4 Å². The van der Waals surface area contributed by atoms with Crippen molar-refractivity contribution in [3.05, 3.63) is 54.1 Å². The monoisotopic (exact) mass is 374 g/mol.